The van der Waals surface area contributed by atoms with Crippen molar-refractivity contribution in [1.82, 2.24) is 9.55 Å². The Morgan fingerprint density at radius 1 is 1.10 bits per heavy atom. The summed E-state index contributed by atoms with van der Waals surface area (Å²) in [5.41, 5.74) is 4.01. The van der Waals surface area contributed by atoms with Crippen molar-refractivity contribution in [3.8, 4) is 11.8 Å². The molecule has 0 amide bonds. The number of benzene rings is 3. The van der Waals surface area contributed by atoms with Gasteiger partial charge >= 0.3 is 0 Å². The Labute approximate surface area is 168 Å². The summed E-state index contributed by atoms with van der Waals surface area (Å²) in [6.07, 6.45) is 1.80. The molecule has 0 unspecified atom stereocenters. The fourth-order valence-corrected chi connectivity index (χ4v) is 3.14. The molecule has 0 atom stereocenters. The second-order valence-electron chi connectivity index (χ2n) is 6.64. The zero-order valence-corrected chi connectivity index (χ0v) is 15.8. The van der Waals surface area contributed by atoms with Crippen LogP contribution in [-0.4, -0.2) is 9.55 Å². The minimum absolute atomic E-state index is 0.271. The minimum Gasteiger partial charge on any atom is -0.489 e. The van der Waals surface area contributed by atoms with Crippen LogP contribution in [0, 0.1) is 17.1 Å². The molecule has 0 aliphatic rings. The van der Waals surface area contributed by atoms with E-state index in [4.69, 9.17) is 4.74 Å². The van der Waals surface area contributed by atoms with E-state index in [1.807, 2.05) is 60.1 Å². The van der Waals surface area contributed by atoms with E-state index in [0.29, 0.717) is 23.8 Å². The van der Waals surface area contributed by atoms with Crippen molar-refractivity contribution in [2.75, 3.05) is 0 Å². The maximum Gasteiger partial charge on any atom is 0.151 e. The lowest BCUT2D eigenvalue weighted by Crippen LogP contribution is -1.97. The normalized spacial score (nSPS) is 11.4. The summed E-state index contributed by atoms with van der Waals surface area (Å²) >= 11 is 0. The highest BCUT2D eigenvalue weighted by molar-refractivity contribution is 5.90. The Kier molecular flexibility index (Phi) is 5.08. The lowest BCUT2D eigenvalue weighted by molar-refractivity contribution is 0.306. The molecule has 0 aliphatic carbocycles. The van der Waals surface area contributed by atoms with E-state index in [1.165, 1.54) is 12.1 Å². The molecule has 0 N–H and O–H groups in total. The van der Waals surface area contributed by atoms with E-state index in [1.54, 1.807) is 18.2 Å². The van der Waals surface area contributed by atoms with Crippen LogP contribution in [-0.2, 0) is 13.7 Å². The summed E-state index contributed by atoms with van der Waals surface area (Å²) in [4.78, 5) is 4.60. The number of aryl methyl sites for hydroxylation is 1. The number of para-hydroxylation sites is 2. The van der Waals surface area contributed by atoms with Gasteiger partial charge in [-0.05, 0) is 53.6 Å². The van der Waals surface area contributed by atoms with Crippen molar-refractivity contribution >= 4 is 22.7 Å². The first-order valence-electron chi connectivity index (χ1n) is 9.15. The molecule has 1 heterocycles. The quantitative estimate of drug-likeness (QED) is 0.436. The molecule has 1 aromatic heterocycles. The van der Waals surface area contributed by atoms with Crippen LogP contribution in [0.2, 0.25) is 0 Å². The third-order valence-electron chi connectivity index (χ3n) is 4.64. The molecule has 4 nitrogen and oxygen atoms in total. The molecular formula is C24H18FN3O. The molecule has 0 bridgehead atoms. The molecular weight excluding hydrogens is 365 g/mol. The SMILES string of the molecule is Cn1c(/C(C#N)=C\c2cccc(OCc3ccc(F)cc3)c2)nc2ccccc21. The number of halogens is 1. The van der Waals surface area contributed by atoms with Gasteiger partial charge in [-0.25, -0.2) is 9.37 Å². The minimum atomic E-state index is -0.271. The summed E-state index contributed by atoms with van der Waals surface area (Å²) in [5.74, 6) is 1.02. The van der Waals surface area contributed by atoms with Gasteiger partial charge in [-0.15, -0.1) is 0 Å². The van der Waals surface area contributed by atoms with Gasteiger partial charge in [-0.1, -0.05) is 36.4 Å². The standard InChI is InChI=1S/C24H18FN3O/c1-28-23-8-3-2-7-22(23)27-24(28)19(15-26)13-18-5-4-6-21(14-18)29-16-17-9-11-20(25)12-10-17/h2-14H,16H2,1H3/b19-13-. The third kappa shape index (κ3) is 4.02. The summed E-state index contributed by atoms with van der Waals surface area (Å²) < 4.78 is 20.7. The van der Waals surface area contributed by atoms with Gasteiger partial charge in [0.25, 0.3) is 0 Å². The van der Waals surface area contributed by atoms with Gasteiger partial charge in [-0.2, -0.15) is 5.26 Å². The fourth-order valence-electron chi connectivity index (χ4n) is 3.14. The Morgan fingerprint density at radius 2 is 1.90 bits per heavy atom. The average molecular weight is 383 g/mol. The number of ether oxygens (including phenoxy) is 1. The average Bonchev–Trinajstić information content (AvgIpc) is 3.08. The lowest BCUT2D eigenvalue weighted by atomic mass is 10.1. The molecule has 0 spiro atoms. The van der Waals surface area contributed by atoms with E-state index in [0.717, 1.165) is 22.2 Å². The predicted octanol–water partition coefficient (Wildman–Crippen LogP) is 5.36. The Bertz CT molecular complexity index is 1230. The van der Waals surface area contributed by atoms with Crippen LogP contribution in [0.5, 0.6) is 5.75 Å². The van der Waals surface area contributed by atoms with Crippen molar-refractivity contribution in [2.45, 2.75) is 6.61 Å². The van der Waals surface area contributed by atoms with Crippen LogP contribution in [0.1, 0.15) is 17.0 Å². The predicted molar refractivity (Wildman–Crippen MR) is 111 cm³/mol. The molecule has 0 fully saturated rings. The number of fused-ring (bicyclic) bond motifs is 1. The molecule has 0 saturated heterocycles. The Morgan fingerprint density at radius 3 is 2.66 bits per heavy atom. The summed E-state index contributed by atoms with van der Waals surface area (Å²) in [6.45, 7) is 0.337. The summed E-state index contributed by atoms with van der Waals surface area (Å²) in [7, 11) is 1.90. The number of rotatable bonds is 5. The first-order valence-corrected chi connectivity index (χ1v) is 9.15. The summed E-state index contributed by atoms with van der Waals surface area (Å²) in [5, 5.41) is 9.70. The lowest BCUT2D eigenvalue weighted by Gasteiger charge is -2.07. The van der Waals surface area contributed by atoms with Gasteiger partial charge in [0.15, 0.2) is 5.82 Å². The molecule has 4 aromatic rings. The maximum absolute atomic E-state index is 13.0. The second-order valence-corrected chi connectivity index (χ2v) is 6.64. The second kappa shape index (κ2) is 7.99. The van der Waals surface area contributed by atoms with Crippen molar-refractivity contribution in [3.05, 3.63) is 95.6 Å². The van der Waals surface area contributed by atoms with Gasteiger partial charge in [0.05, 0.1) is 16.6 Å². The summed E-state index contributed by atoms with van der Waals surface area (Å²) in [6, 6.07) is 23.7. The zero-order valence-electron chi connectivity index (χ0n) is 15.8. The number of hydrogen-bond donors (Lipinski definition) is 0. The topological polar surface area (TPSA) is 50.8 Å². The van der Waals surface area contributed by atoms with Gasteiger partial charge in [-0.3, -0.25) is 0 Å². The van der Waals surface area contributed by atoms with E-state index >= 15 is 0 Å². The van der Waals surface area contributed by atoms with Crippen LogP contribution in [0.4, 0.5) is 4.39 Å². The first-order chi connectivity index (χ1) is 14.1. The van der Waals surface area contributed by atoms with Crippen LogP contribution in [0.25, 0.3) is 22.7 Å². The van der Waals surface area contributed by atoms with E-state index < -0.39 is 0 Å². The number of hydrogen-bond acceptors (Lipinski definition) is 3. The molecule has 142 valence electrons. The van der Waals surface area contributed by atoms with Gasteiger partial charge in [0, 0.05) is 7.05 Å². The van der Waals surface area contributed by atoms with Crippen molar-refractivity contribution in [1.29, 1.82) is 5.26 Å². The van der Waals surface area contributed by atoms with E-state index in [9.17, 15) is 9.65 Å². The van der Waals surface area contributed by atoms with Crippen molar-refractivity contribution in [3.63, 3.8) is 0 Å². The highest BCUT2D eigenvalue weighted by Crippen LogP contribution is 2.23. The molecule has 3 aromatic carbocycles. The van der Waals surface area contributed by atoms with Gasteiger partial charge < -0.3 is 9.30 Å². The van der Waals surface area contributed by atoms with Crippen LogP contribution < -0.4 is 4.74 Å². The van der Waals surface area contributed by atoms with Crippen LogP contribution in [0.3, 0.4) is 0 Å². The fraction of sp³-hybridized carbons (Fsp3) is 0.0833. The van der Waals surface area contributed by atoms with Crippen LogP contribution >= 0.6 is 0 Å². The number of allylic oxidation sites excluding steroid dienone is 1. The monoisotopic (exact) mass is 383 g/mol. The smallest absolute Gasteiger partial charge is 0.151 e. The van der Waals surface area contributed by atoms with Gasteiger partial charge in [0.2, 0.25) is 0 Å². The molecule has 29 heavy (non-hydrogen) atoms. The first kappa shape index (κ1) is 18.5. The number of nitriles is 1. The Balaban J connectivity index is 1.59. The molecule has 0 aliphatic heterocycles. The largest absolute Gasteiger partial charge is 0.489 e. The molecule has 4 rings (SSSR count). The molecule has 0 radical (unpaired) electrons. The van der Waals surface area contributed by atoms with Crippen molar-refractivity contribution in [2.24, 2.45) is 7.05 Å². The molecule has 5 heteroatoms. The van der Waals surface area contributed by atoms with Crippen molar-refractivity contribution < 1.29 is 9.13 Å². The third-order valence-corrected chi connectivity index (χ3v) is 4.64. The number of nitrogens with zero attached hydrogens (tertiary/aromatic N) is 3. The highest BCUT2D eigenvalue weighted by Gasteiger charge is 2.12. The van der Waals surface area contributed by atoms with E-state index in [-0.39, 0.29) is 5.82 Å². The Hall–Kier alpha value is -3.91. The van der Waals surface area contributed by atoms with E-state index in [2.05, 4.69) is 11.1 Å². The highest BCUT2D eigenvalue weighted by atomic mass is 19.1. The van der Waals surface area contributed by atoms with Gasteiger partial charge in [0.1, 0.15) is 24.2 Å². The number of aromatic nitrogens is 2. The van der Waals surface area contributed by atoms with Crippen LogP contribution in [0.15, 0.2) is 72.8 Å². The number of imidazole rings is 1. The maximum atomic E-state index is 13.0. The zero-order chi connectivity index (χ0) is 20.2. The molecule has 0 saturated carbocycles.